The van der Waals surface area contributed by atoms with Crippen LogP contribution >= 0.6 is 11.8 Å². The van der Waals surface area contributed by atoms with Gasteiger partial charge in [0.25, 0.3) is 0 Å². The molecule has 2 heterocycles. The number of hydrogen-bond acceptors (Lipinski definition) is 5. The molecule has 0 bridgehead atoms. The van der Waals surface area contributed by atoms with Crippen molar-refractivity contribution in [3.8, 4) is 11.5 Å². The number of ether oxygens (including phenoxy) is 2. The van der Waals surface area contributed by atoms with Gasteiger partial charge in [0.2, 0.25) is 5.91 Å². The van der Waals surface area contributed by atoms with Crippen LogP contribution < -0.4 is 14.8 Å². The van der Waals surface area contributed by atoms with E-state index in [9.17, 15) is 4.79 Å². The molecular formula is C15H14N2O3S. The monoisotopic (exact) mass is 302 g/mol. The number of nitrogens with zero attached hydrogens (tertiary/aromatic N) is 1. The van der Waals surface area contributed by atoms with Crippen LogP contribution in [0.15, 0.2) is 47.5 Å². The molecule has 0 fully saturated rings. The van der Waals surface area contributed by atoms with E-state index >= 15 is 0 Å². The van der Waals surface area contributed by atoms with Crippen LogP contribution in [0.3, 0.4) is 0 Å². The van der Waals surface area contributed by atoms with Gasteiger partial charge in [-0.15, -0.1) is 11.8 Å². The van der Waals surface area contributed by atoms with Crippen molar-refractivity contribution in [2.45, 2.75) is 4.90 Å². The standard InChI is InChI=1S/C15H14N2O3S/c18-15(17-14-3-1-2-6-16-14)10-21-11-4-5-12-13(9-11)20-8-7-19-12/h1-6,9H,7-8,10H2,(H,16,17,18). The molecule has 0 aliphatic carbocycles. The first kappa shape index (κ1) is 13.8. The SMILES string of the molecule is O=C(CSc1ccc2c(c1)OCCO2)Nc1ccccn1. The summed E-state index contributed by atoms with van der Waals surface area (Å²) >= 11 is 1.45. The van der Waals surface area contributed by atoms with Crippen LogP contribution in [-0.2, 0) is 4.79 Å². The lowest BCUT2D eigenvalue weighted by Gasteiger charge is -2.18. The summed E-state index contributed by atoms with van der Waals surface area (Å²) in [4.78, 5) is 16.9. The molecule has 108 valence electrons. The van der Waals surface area contributed by atoms with Gasteiger partial charge in [0, 0.05) is 11.1 Å². The maximum Gasteiger partial charge on any atom is 0.235 e. The third kappa shape index (κ3) is 3.66. The first-order valence-corrected chi connectivity index (χ1v) is 7.53. The number of carbonyl (C=O) groups is 1. The summed E-state index contributed by atoms with van der Waals surface area (Å²) in [5.41, 5.74) is 0. The number of amides is 1. The number of benzene rings is 1. The Bertz CT molecular complexity index is 634. The molecule has 1 aromatic heterocycles. The summed E-state index contributed by atoms with van der Waals surface area (Å²) in [5, 5.41) is 2.75. The minimum Gasteiger partial charge on any atom is -0.486 e. The van der Waals surface area contributed by atoms with Crippen molar-refractivity contribution in [2.24, 2.45) is 0 Å². The van der Waals surface area contributed by atoms with Crippen LogP contribution in [0, 0.1) is 0 Å². The Morgan fingerprint density at radius 1 is 1.19 bits per heavy atom. The predicted octanol–water partition coefficient (Wildman–Crippen LogP) is 2.58. The molecule has 1 N–H and O–H groups in total. The number of anilines is 1. The summed E-state index contributed by atoms with van der Waals surface area (Å²) in [5.74, 6) is 2.27. The van der Waals surface area contributed by atoms with E-state index in [1.807, 2.05) is 24.3 Å². The van der Waals surface area contributed by atoms with E-state index in [1.165, 1.54) is 11.8 Å². The summed E-state index contributed by atoms with van der Waals surface area (Å²) in [6, 6.07) is 11.1. The number of fused-ring (bicyclic) bond motifs is 1. The number of pyridine rings is 1. The molecule has 1 aliphatic heterocycles. The highest BCUT2D eigenvalue weighted by Gasteiger charge is 2.12. The van der Waals surface area contributed by atoms with Crippen LogP contribution in [0.5, 0.6) is 11.5 Å². The average molecular weight is 302 g/mol. The van der Waals surface area contributed by atoms with Crippen LogP contribution in [0.25, 0.3) is 0 Å². The zero-order chi connectivity index (χ0) is 14.5. The predicted molar refractivity (Wildman–Crippen MR) is 81.0 cm³/mol. The first-order valence-electron chi connectivity index (χ1n) is 6.54. The quantitative estimate of drug-likeness (QED) is 0.880. The van der Waals surface area contributed by atoms with Crippen molar-refractivity contribution >= 4 is 23.5 Å². The molecule has 1 aliphatic rings. The van der Waals surface area contributed by atoms with E-state index in [2.05, 4.69) is 10.3 Å². The molecule has 1 amide bonds. The molecule has 5 nitrogen and oxygen atoms in total. The number of rotatable bonds is 4. The Kier molecular flexibility index (Phi) is 4.25. The Hall–Kier alpha value is -2.21. The van der Waals surface area contributed by atoms with Gasteiger partial charge in [0.05, 0.1) is 5.75 Å². The van der Waals surface area contributed by atoms with Gasteiger partial charge in [-0.05, 0) is 30.3 Å². The summed E-state index contributed by atoms with van der Waals surface area (Å²) in [7, 11) is 0. The van der Waals surface area contributed by atoms with Gasteiger partial charge in [0.15, 0.2) is 11.5 Å². The lowest BCUT2D eigenvalue weighted by molar-refractivity contribution is -0.113. The maximum atomic E-state index is 11.8. The largest absolute Gasteiger partial charge is 0.486 e. The topological polar surface area (TPSA) is 60.5 Å². The Labute approximate surface area is 126 Å². The molecule has 0 saturated carbocycles. The molecule has 0 radical (unpaired) electrons. The second-order valence-electron chi connectivity index (χ2n) is 4.36. The van der Waals surface area contributed by atoms with Crippen LogP contribution in [0.1, 0.15) is 0 Å². The van der Waals surface area contributed by atoms with E-state index in [1.54, 1.807) is 18.3 Å². The number of aromatic nitrogens is 1. The third-order valence-electron chi connectivity index (χ3n) is 2.82. The summed E-state index contributed by atoms with van der Waals surface area (Å²) in [6.07, 6.45) is 1.64. The Balaban J connectivity index is 1.56. The fourth-order valence-corrected chi connectivity index (χ4v) is 2.60. The second-order valence-corrected chi connectivity index (χ2v) is 5.41. The smallest absolute Gasteiger partial charge is 0.235 e. The lowest BCUT2D eigenvalue weighted by atomic mass is 10.3. The first-order chi connectivity index (χ1) is 10.3. The molecule has 21 heavy (non-hydrogen) atoms. The molecule has 2 aromatic rings. The molecule has 0 saturated heterocycles. The molecule has 0 unspecified atom stereocenters. The average Bonchev–Trinajstić information content (AvgIpc) is 2.54. The van der Waals surface area contributed by atoms with Crippen molar-refractivity contribution in [3.63, 3.8) is 0 Å². The minimum absolute atomic E-state index is 0.0893. The number of carbonyl (C=O) groups excluding carboxylic acids is 1. The highest BCUT2D eigenvalue weighted by Crippen LogP contribution is 2.34. The summed E-state index contributed by atoms with van der Waals surface area (Å²) < 4.78 is 11.0. The fourth-order valence-electron chi connectivity index (χ4n) is 1.88. The lowest BCUT2D eigenvalue weighted by Crippen LogP contribution is -2.16. The molecule has 6 heteroatoms. The zero-order valence-electron chi connectivity index (χ0n) is 11.2. The van der Waals surface area contributed by atoms with Gasteiger partial charge in [0.1, 0.15) is 19.0 Å². The Morgan fingerprint density at radius 3 is 2.86 bits per heavy atom. The van der Waals surface area contributed by atoms with Crippen molar-refractivity contribution < 1.29 is 14.3 Å². The molecule has 0 atom stereocenters. The minimum atomic E-state index is -0.0893. The van der Waals surface area contributed by atoms with E-state index in [0.29, 0.717) is 24.8 Å². The van der Waals surface area contributed by atoms with Crippen LogP contribution in [0.2, 0.25) is 0 Å². The maximum absolute atomic E-state index is 11.8. The fraction of sp³-hybridized carbons (Fsp3) is 0.200. The van der Waals surface area contributed by atoms with Crippen molar-refractivity contribution in [1.82, 2.24) is 4.98 Å². The highest BCUT2D eigenvalue weighted by atomic mass is 32.2. The normalized spacial score (nSPS) is 12.8. The number of nitrogens with one attached hydrogen (secondary N) is 1. The summed E-state index contributed by atoms with van der Waals surface area (Å²) in [6.45, 7) is 1.13. The van der Waals surface area contributed by atoms with Crippen molar-refractivity contribution in [2.75, 3.05) is 24.3 Å². The second kappa shape index (κ2) is 6.49. The van der Waals surface area contributed by atoms with E-state index < -0.39 is 0 Å². The third-order valence-corrected chi connectivity index (χ3v) is 3.81. The van der Waals surface area contributed by atoms with Gasteiger partial charge in [-0.1, -0.05) is 6.07 Å². The van der Waals surface area contributed by atoms with Crippen molar-refractivity contribution in [3.05, 3.63) is 42.6 Å². The molecular weight excluding hydrogens is 288 g/mol. The van der Waals surface area contributed by atoms with Crippen LogP contribution in [0.4, 0.5) is 5.82 Å². The van der Waals surface area contributed by atoms with Gasteiger partial charge in [-0.2, -0.15) is 0 Å². The molecule has 3 rings (SSSR count). The number of thioether (sulfide) groups is 1. The highest BCUT2D eigenvalue weighted by molar-refractivity contribution is 8.00. The van der Waals surface area contributed by atoms with Crippen molar-refractivity contribution in [1.29, 1.82) is 0 Å². The van der Waals surface area contributed by atoms with E-state index in [0.717, 1.165) is 16.4 Å². The van der Waals surface area contributed by atoms with Crippen LogP contribution in [-0.4, -0.2) is 29.9 Å². The van der Waals surface area contributed by atoms with E-state index in [-0.39, 0.29) is 5.91 Å². The molecule has 0 spiro atoms. The van der Waals surface area contributed by atoms with Gasteiger partial charge in [-0.3, -0.25) is 4.79 Å². The number of hydrogen-bond donors (Lipinski definition) is 1. The zero-order valence-corrected chi connectivity index (χ0v) is 12.1. The van der Waals surface area contributed by atoms with Gasteiger partial charge in [-0.25, -0.2) is 4.98 Å². The molecule has 1 aromatic carbocycles. The Morgan fingerprint density at radius 2 is 2.05 bits per heavy atom. The van der Waals surface area contributed by atoms with Gasteiger partial charge >= 0.3 is 0 Å². The van der Waals surface area contributed by atoms with E-state index in [4.69, 9.17) is 9.47 Å². The van der Waals surface area contributed by atoms with Gasteiger partial charge < -0.3 is 14.8 Å².